The summed E-state index contributed by atoms with van der Waals surface area (Å²) in [5.74, 6) is 0. The molecular weight excluding hydrogens is 167 g/mol. The van der Waals surface area contributed by atoms with Crippen LogP contribution in [0.2, 0.25) is 10.6 Å². The zero-order valence-corrected chi connectivity index (χ0v) is 9.95. The van der Waals surface area contributed by atoms with Crippen LogP contribution in [0.4, 0.5) is 0 Å². The molecular formula is C9H21AlO2. The molecule has 0 aromatic rings. The smallest absolute Gasteiger partial charge is 0.462 e. The molecule has 0 aliphatic carbocycles. The van der Waals surface area contributed by atoms with Crippen molar-refractivity contribution in [3.63, 3.8) is 0 Å². The Morgan fingerprint density at radius 2 is 1.67 bits per heavy atom. The van der Waals surface area contributed by atoms with Crippen molar-refractivity contribution >= 4 is 14.5 Å². The zero-order valence-electron chi connectivity index (χ0n) is 8.80. The van der Waals surface area contributed by atoms with Crippen LogP contribution in [-0.4, -0.2) is 27.4 Å². The lowest BCUT2D eigenvalue weighted by molar-refractivity contribution is -0.0796. The Morgan fingerprint density at radius 3 is 2.00 bits per heavy atom. The summed E-state index contributed by atoms with van der Waals surface area (Å²) in [7, 11) is 0. The molecule has 0 aromatic heterocycles. The highest BCUT2D eigenvalue weighted by Crippen LogP contribution is 2.08. The maximum absolute atomic E-state index is 5.86. The van der Waals surface area contributed by atoms with E-state index in [-0.39, 0.29) is 6.29 Å². The van der Waals surface area contributed by atoms with E-state index in [1.54, 1.807) is 0 Å². The van der Waals surface area contributed by atoms with Gasteiger partial charge >= 0.3 is 14.5 Å². The number of hydrogen-bond donors (Lipinski definition) is 0. The Kier molecular flexibility index (Phi) is 8.37. The van der Waals surface area contributed by atoms with Gasteiger partial charge in [-0.2, -0.15) is 0 Å². The molecule has 0 heterocycles. The van der Waals surface area contributed by atoms with Gasteiger partial charge in [-0.05, 0) is 13.3 Å². The zero-order chi connectivity index (χ0) is 9.40. The van der Waals surface area contributed by atoms with Gasteiger partial charge in [0.25, 0.3) is 0 Å². The predicted octanol–water partition coefficient (Wildman–Crippen LogP) is 2.81. The van der Waals surface area contributed by atoms with Crippen LogP contribution in [0.15, 0.2) is 0 Å². The summed E-state index contributed by atoms with van der Waals surface area (Å²) in [6, 6.07) is 0. The van der Waals surface area contributed by atoms with Gasteiger partial charge in [-0.3, -0.25) is 0 Å². The number of hydrogen-bond acceptors (Lipinski definition) is 2. The van der Waals surface area contributed by atoms with Crippen LogP contribution in [0.1, 0.15) is 34.1 Å². The fourth-order valence-corrected chi connectivity index (χ4v) is 2.80. The van der Waals surface area contributed by atoms with Crippen LogP contribution >= 0.6 is 0 Å². The molecule has 0 saturated heterocycles. The fraction of sp³-hybridized carbons (Fsp3) is 1.00. The maximum Gasteiger partial charge on any atom is 0.462 e. The van der Waals surface area contributed by atoms with Crippen LogP contribution in [0.25, 0.3) is 0 Å². The topological polar surface area (TPSA) is 18.5 Å². The highest BCUT2D eigenvalue weighted by Gasteiger charge is 2.19. The molecule has 0 aliphatic heterocycles. The van der Waals surface area contributed by atoms with E-state index in [2.05, 4.69) is 20.8 Å². The first kappa shape index (κ1) is 12.5. The molecule has 0 fully saturated rings. The lowest BCUT2D eigenvalue weighted by atomic mass is 10.5. The average molecular weight is 188 g/mol. The third kappa shape index (κ3) is 5.16. The quantitative estimate of drug-likeness (QED) is 0.452. The van der Waals surface area contributed by atoms with Gasteiger partial charge in [-0.1, -0.05) is 31.3 Å². The fourth-order valence-electron chi connectivity index (χ4n) is 1.14. The average Bonchev–Trinajstić information content (AvgIpc) is 2.12. The molecule has 0 spiro atoms. The summed E-state index contributed by atoms with van der Waals surface area (Å²) < 4.78 is 11.3. The molecule has 0 N–H and O–H groups in total. The normalized spacial score (nSPS) is 13.0. The first-order valence-electron chi connectivity index (χ1n) is 5.05. The van der Waals surface area contributed by atoms with E-state index in [4.69, 9.17) is 8.53 Å². The monoisotopic (exact) mass is 188 g/mol. The Bertz CT molecular complexity index is 94.5. The van der Waals surface area contributed by atoms with Crippen LogP contribution in [0.3, 0.4) is 0 Å². The minimum absolute atomic E-state index is 0.0616. The lowest BCUT2D eigenvalue weighted by Gasteiger charge is -2.20. The third-order valence-corrected chi connectivity index (χ3v) is 4.45. The van der Waals surface area contributed by atoms with Crippen molar-refractivity contribution < 1.29 is 8.53 Å². The van der Waals surface area contributed by atoms with E-state index in [1.165, 1.54) is 10.6 Å². The first-order valence-corrected chi connectivity index (χ1v) is 7.15. The summed E-state index contributed by atoms with van der Waals surface area (Å²) in [5.41, 5.74) is 0. The van der Waals surface area contributed by atoms with E-state index < -0.39 is 14.5 Å². The Balaban J connectivity index is 3.65. The van der Waals surface area contributed by atoms with Crippen LogP contribution in [0.5, 0.6) is 0 Å². The summed E-state index contributed by atoms with van der Waals surface area (Å²) >= 11 is -0.924. The largest absolute Gasteiger partial charge is 0.478 e. The van der Waals surface area contributed by atoms with Crippen molar-refractivity contribution in [2.24, 2.45) is 0 Å². The Hall–Kier alpha value is 0.452. The van der Waals surface area contributed by atoms with Gasteiger partial charge in [0.15, 0.2) is 0 Å². The second-order valence-electron chi connectivity index (χ2n) is 2.87. The van der Waals surface area contributed by atoms with Gasteiger partial charge in [0.1, 0.15) is 6.29 Å². The molecule has 0 aliphatic rings. The van der Waals surface area contributed by atoms with Gasteiger partial charge in [-0.15, -0.1) is 0 Å². The van der Waals surface area contributed by atoms with Gasteiger partial charge in [0, 0.05) is 6.61 Å². The molecule has 1 atom stereocenters. The van der Waals surface area contributed by atoms with Crippen LogP contribution in [0, 0.1) is 0 Å². The second kappa shape index (κ2) is 8.07. The Morgan fingerprint density at radius 1 is 1.08 bits per heavy atom. The van der Waals surface area contributed by atoms with Crippen LogP contribution in [-0.2, 0) is 8.53 Å². The molecule has 1 unspecified atom stereocenters. The van der Waals surface area contributed by atoms with Crippen molar-refractivity contribution in [1.29, 1.82) is 0 Å². The molecule has 0 rings (SSSR count). The second-order valence-corrected chi connectivity index (χ2v) is 6.02. The summed E-state index contributed by atoms with van der Waals surface area (Å²) in [6.07, 6.45) is 1.03. The number of rotatable bonds is 7. The lowest BCUT2D eigenvalue weighted by Crippen LogP contribution is -2.26. The summed E-state index contributed by atoms with van der Waals surface area (Å²) in [6.45, 7) is 9.29. The molecule has 3 heteroatoms. The standard InChI is InChI=1S/C5H11O2.2C2H5.Al/c1-3-5(6)7-4-2;2*1-2;/h5H,3-4H2,1-2H3;2*1H2,2H3;/q-1;;;+1. The Labute approximate surface area is 81.0 Å². The highest BCUT2D eigenvalue weighted by atomic mass is 27.2. The molecule has 12 heavy (non-hydrogen) atoms. The highest BCUT2D eigenvalue weighted by molar-refractivity contribution is 6.51. The van der Waals surface area contributed by atoms with E-state index in [9.17, 15) is 0 Å². The third-order valence-electron chi connectivity index (χ3n) is 1.94. The summed E-state index contributed by atoms with van der Waals surface area (Å²) in [5, 5.41) is 2.42. The molecule has 0 radical (unpaired) electrons. The molecule has 0 bridgehead atoms. The van der Waals surface area contributed by atoms with E-state index >= 15 is 0 Å². The molecule has 0 aromatic carbocycles. The van der Waals surface area contributed by atoms with E-state index in [0.717, 1.165) is 13.0 Å². The maximum atomic E-state index is 5.86. The minimum Gasteiger partial charge on any atom is -0.478 e. The molecule has 72 valence electrons. The first-order chi connectivity index (χ1) is 5.78. The van der Waals surface area contributed by atoms with Crippen molar-refractivity contribution in [1.82, 2.24) is 0 Å². The van der Waals surface area contributed by atoms with Gasteiger partial charge in [0.2, 0.25) is 0 Å². The van der Waals surface area contributed by atoms with Crippen molar-refractivity contribution in [2.75, 3.05) is 6.61 Å². The van der Waals surface area contributed by atoms with Crippen molar-refractivity contribution in [2.45, 2.75) is 51.0 Å². The van der Waals surface area contributed by atoms with Gasteiger partial charge in [-0.25, -0.2) is 0 Å². The van der Waals surface area contributed by atoms with Gasteiger partial charge in [0.05, 0.1) is 0 Å². The SMILES string of the molecule is CCOC(CC)[O][Al]([CH2]C)[CH2]C. The molecule has 0 saturated carbocycles. The van der Waals surface area contributed by atoms with E-state index in [0.29, 0.717) is 0 Å². The summed E-state index contributed by atoms with van der Waals surface area (Å²) in [4.78, 5) is 0. The molecule has 2 nitrogen and oxygen atoms in total. The molecule has 0 amide bonds. The predicted molar refractivity (Wildman–Crippen MR) is 53.5 cm³/mol. The number of ether oxygens (including phenoxy) is 1. The van der Waals surface area contributed by atoms with E-state index in [1.807, 2.05) is 6.92 Å². The van der Waals surface area contributed by atoms with Gasteiger partial charge < -0.3 is 8.53 Å². The van der Waals surface area contributed by atoms with Crippen LogP contribution < -0.4 is 0 Å². The minimum atomic E-state index is -0.924. The van der Waals surface area contributed by atoms with Crippen molar-refractivity contribution in [3.8, 4) is 0 Å². The van der Waals surface area contributed by atoms with Crippen molar-refractivity contribution in [3.05, 3.63) is 0 Å².